The van der Waals surface area contributed by atoms with Crippen LogP contribution in [-0.2, 0) is 19.1 Å². The number of hydrogen-bond acceptors (Lipinski definition) is 5. The second-order valence-electron chi connectivity index (χ2n) is 7.92. The van der Waals surface area contributed by atoms with Gasteiger partial charge in [0.2, 0.25) is 0 Å². The quantitative estimate of drug-likeness (QED) is 0.621. The zero-order valence-corrected chi connectivity index (χ0v) is 14.8. The first kappa shape index (κ1) is 18.4. The highest BCUT2D eigenvalue weighted by molar-refractivity contribution is 6.08. The molecule has 3 amide bonds. The van der Waals surface area contributed by atoms with Crippen molar-refractivity contribution in [1.82, 2.24) is 10.2 Å². The van der Waals surface area contributed by atoms with E-state index >= 15 is 0 Å². The molecule has 24 heavy (non-hydrogen) atoms. The predicted octanol–water partition coefficient (Wildman–Crippen LogP) is 1.65. The maximum atomic E-state index is 12.6. The van der Waals surface area contributed by atoms with Gasteiger partial charge in [0.15, 0.2) is 12.4 Å². The van der Waals surface area contributed by atoms with E-state index in [2.05, 4.69) is 12.2 Å². The molecule has 2 fully saturated rings. The third-order valence-corrected chi connectivity index (χ3v) is 4.86. The normalized spacial score (nSPS) is 27.3. The average molecular weight is 338 g/mol. The van der Waals surface area contributed by atoms with Gasteiger partial charge in [-0.2, -0.15) is 0 Å². The Balaban J connectivity index is 1.93. The largest absolute Gasteiger partial charge is 0.456 e. The van der Waals surface area contributed by atoms with Gasteiger partial charge < -0.3 is 10.1 Å². The Morgan fingerprint density at radius 1 is 1.25 bits per heavy atom. The van der Waals surface area contributed by atoms with Crippen LogP contribution >= 0.6 is 0 Å². The van der Waals surface area contributed by atoms with Crippen molar-refractivity contribution in [1.29, 1.82) is 0 Å². The summed E-state index contributed by atoms with van der Waals surface area (Å²) >= 11 is 0. The Bertz CT molecular complexity index is 556. The number of ketones is 1. The first-order chi connectivity index (χ1) is 11.0. The summed E-state index contributed by atoms with van der Waals surface area (Å²) in [5.41, 5.74) is -1.48. The fraction of sp³-hybridized carbons (Fsp3) is 0.765. The minimum absolute atomic E-state index is 0.217. The summed E-state index contributed by atoms with van der Waals surface area (Å²) in [7, 11) is 0. The summed E-state index contributed by atoms with van der Waals surface area (Å²) < 4.78 is 4.92. The third-order valence-electron chi connectivity index (χ3n) is 4.86. The lowest BCUT2D eigenvalue weighted by Crippen LogP contribution is -2.49. The molecule has 0 bridgehead atoms. The topological polar surface area (TPSA) is 92.8 Å². The minimum Gasteiger partial charge on any atom is -0.456 e. The number of Topliss-reactive ketones (excluding diaryl/α,β-unsaturated/α-hetero) is 1. The second kappa shape index (κ2) is 6.53. The highest BCUT2D eigenvalue weighted by atomic mass is 16.5. The molecule has 1 heterocycles. The Hall–Kier alpha value is -1.92. The van der Waals surface area contributed by atoms with Crippen LogP contribution in [0.3, 0.4) is 0 Å². The zero-order chi connectivity index (χ0) is 18.1. The molecule has 7 nitrogen and oxygen atoms in total. The molecule has 0 atom stereocenters. The molecule has 1 N–H and O–H groups in total. The Kier molecular flexibility index (Phi) is 5.01. The van der Waals surface area contributed by atoms with Gasteiger partial charge in [0, 0.05) is 5.41 Å². The fourth-order valence-electron chi connectivity index (χ4n) is 2.95. The number of urea groups is 1. The number of carbonyl (C=O) groups excluding carboxylic acids is 4. The standard InChI is InChI=1S/C17H26N2O5/c1-11-5-7-17(8-6-11)14(22)19(15(23)18-17)9-13(21)24-10-12(20)16(2,3)4/h11H,5-10H2,1-4H3,(H,18,23). The maximum Gasteiger partial charge on any atom is 0.326 e. The smallest absolute Gasteiger partial charge is 0.326 e. The molecule has 2 rings (SSSR count). The van der Waals surface area contributed by atoms with Gasteiger partial charge in [-0.3, -0.25) is 19.3 Å². The van der Waals surface area contributed by atoms with Crippen molar-refractivity contribution in [2.24, 2.45) is 11.3 Å². The molecule has 1 saturated carbocycles. The van der Waals surface area contributed by atoms with E-state index in [0.717, 1.165) is 17.7 Å². The molecule has 0 aromatic carbocycles. The van der Waals surface area contributed by atoms with Gasteiger partial charge in [0.05, 0.1) is 0 Å². The van der Waals surface area contributed by atoms with E-state index in [1.807, 2.05) is 0 Å². The monoisotopic (exact) mass is 338 g/mol. The number of hydrogen-bond donors (Lipinski definition) is 1. The van der Waals surface area contributed by atoms with Crippen molar-refractivity contribution in [2.75, 3.05) is 13.2 Å². The molecule has 1 spiro atoms. The van der Waals surface area contributed by atoms with E-state index in [4.69, 9.17) is 4.74 Å². The number of nitrogens with zero attached hydrogens (tertiary/aromatic N) is 1. The van der Waals surface area contributed by atoms with Crippen molar-refractivity contribution < 1.29 is 23.9 Å². The van der Waals surface area contributed by atoms with E-state index < -0.39 is 29.5 Å². The lowest BCUT2D eigenvalue weighted by molar-refractivity contribution is -0.152. The molecule has 2 aliphatic rings. The number of imide groups is 1. The van der Waals surface area contributed by atoms with Crippen LogP contribution < -0.4 is 5.32 Å². The second-order valence-corrected chi connectivity index (χ2v) is 7.92. The minimum atomic E-state index is -0.870. The van der Waals surface area contributed by atoms with Crippen LogP contribution in [0.15, 0.2) is 0 Å². The molecule has 0 aromatic heterocycles. The highest BCUT2D eigenvalue weighted by Crippen LogP contribution is 2.36. The van der Waals surface area contributed by atoms with Gasteiger partial charge in [-0.25, -0.2) is 4.79 Å². The number of esters is 1. The molecular weight excluding hydrogens is 312 g/mol. The highest BCUT2D eigenvalue weighted by Gasteiger charge is 2.52. The van der Waals surface area contributed by atoms with Gasteiger partial charge in [-0.1, -0.05) is 27.7 Å². The van der Waals surface area contributed by atoms with Gasteiger partial charge in [-0.05, 0) is 31.6 Å². The van der Waals surface area contributed by atoms with Crippen LogP contribution in [-0.4, -0.2) is 47.3 Å². The van der Waals surface area contributed by atoms with Crippen molar-refractivity contribution in [2.45, 2.75) is 58.9 Å². The van der Waals surface area contributed by atoms with Crippen LogP contribution in [0.5, 0.6) is 0 Å². The van der Waals surface area contributed by atoms with Gasteiger partial charge in [0.25, 0.3) is 5.91 Å². The molecule has 0 aromatic rings. The summed E-state index contributed by atoms with van der Waals surface area (Å²) in [6, 6.07) is -0.561. The van der Waals surface area contributed by atoms with Gasteiger partial charge >= 0.3 is 12.0 Å². The number of carbonyl (C=O) groups is 4. The molecule has 1 saturated heterocycles. The lowest BCUT2D eigenvalue weighted by Gasteiger charge is -2.33. The molecule has 134 valence electrons. The lowest BCUT2D eigenvalue weighted by atomic mass is 9.77. The van der Waals surface area contributed by atoms with Crippen molar-refractivity contribution in [3.8, 4) is 0 Å². The number of amides is 3. The van der Waals surface area contributed by atoms with Crippen molar-refractivity contribution in [3.05, 3.63) is 0 Å². The van der Waals surface area contributed by atoms with Crippen LogP contribution in [0, 0.1) is 11.3 Å². The van der Waals surface area contributed by atoms with Crippen LogP contribution in [0.2, 0.25) is 0 Å². The molecule has 0 unspecified atom stereocenters. The van der Waals surface area contributed by atoms with E-state index in [1.54, 1.807) is 20.8 Å². The van der Waals surface area contributed by atoms with E-state index in [9.17, 15) is 19.2 Å². The number of ether oxygens (including phenoxy) is 1. The summed E-state index contributed by atoms with van der Waals surface area (Å²) in [5.74, 6) is -0.802. The van der Waals surface area contributed by atoms with E-state index in [1.165, 1.54) is 0 Å². The summed E-state index contributed by atoms with van der Waals surface area (Å²) in [6.45, 7) is 6.50. The molecule has 0 radical (unpaired) electrons. The molecule has 1 aliphatic heterocycles. The third kappa shape index (κ3) is 3.76. The van der Waals surface area contributed by atoms with Crippen molar-refractivity contribution >= 4 is 23.7 Å². The SMILES string of the molecule is CC1CCC2(CC1)NC(=O)N(CC(=O)OCC(=O)C(C)(C)C)C2=O. The first-order valence-corrected chi connectivity index (χ1v) is 8.38. The molecule has 1 aliphatic carbocycles. The van der Waals surface area contributed by atoms with E-state index in [-0.39, 0.29) is 18.3 Å². The summed E-state index contributed by atoms with van der Waals surface area (Å²) in [6.07, 6.45) is 2.91. The van der Waals surface area contributed by atoms with Gasteiger partial charge in [-0.15, -0.1) is 0 Å². The van der Waals surface area contributed by atoms with Crippen LogP contribution in [0.1, 0.15) is 53.4 Å². The van der Waals surface area contributed by atoms with Crippen LogP contribution in [0.25, 0.3) is 0 Å². The van der Waals surface area contributed by atoms with Crippen molar-refractivity contribution in [3.63, 3.8) is 0 Å². The first-order valence-electron chi connectivity index (χ1n) is 8.38. The summed E-state index contributed by atoms with van der Waals surface area (Å²) in [5, 5.41) is 2.75. The number of rotatable bonds is 4. The number of nitrogens with one attached hydrogen (secondary N) is 1. The molecular formula is C17H26N2O5. The van der Waals surface area contributed by atoms with Crippen LogP contribution in [0.4, 0.5) is 4.79 Å². The Morgan fingerprint density at radius 2 is 1.83 bits per heavy atom. The molecule has 7 heteroatoms. The van der Waals surface area contributed by atoms with E-state index in [0.29, 0.717) is 18.8 Å². The zero-order valence-electron chi connectivity index (χ0n) is 14.8. The summed E-state index contributed by atoms with van der Waals surface area (Å²) in [4.78, 5) is 49.3. The van der Waals surface area contributed by atoms with Gasteiger partial charge in [0.1, 0.15) is 12.1 Å². The predicted molar refractivity (Wildman–Crippen MR) is 86.0 cm³/mol. The Labute approximate surface area is 142 Å². The maximum absolute atomic E-state index is 12.6. The Morgan fingerprint density at radius 3 is 2.38 bits per heavy atom. The average Bonchev–Trinajstić information content (AvgIpc) is 2.71. The fourth-order valence-corrected chi connectivity index (χ4v) is 2.95.